The number of aryl methyl sites for hydroxylation is 2. The number of rotatable bonds is 6. The SMILES string of the molecule is CC(=O)Nc1ccc(C2=c3ccc([nH]3)=C(c3cc4ccccc4[n+](C)c3)c3ccc([nH]3)C(c3ccc(NC(C)=O)cc3)c3ccc([nH]3)C(c3cc4ccccc4[n+](C)c3)=C3C=CC2=N3)cc1.[Cl-].[Cl-]. The molecule has 0 fully saturated rings. The van der Waals surface area contributed by atoms with Crippen molar-refractivity contribution in [2.45, 2.75) is 19.8 Å². The number of H-pyrrole nitrogens is 3. The van der Waals surface area contributed by atoms with Gasteiger partial charge in [-0.05, 0) is 108 Å². The van der Waals surface area contributed by atoms with Crippen LogP contribution in [0.4, 0.5) is 11.4 Å². The number of aromatic nitrogens is 5. The van der Waals surface area contributed by atoms with Crippen molar-refractivity contribution >= 4 is 67.4 Å². The molecular weight excluding hydrogens is 888 g/mol. The predicted molar refractivity (Wildman–Crippen MR) is 261 cm³/mol. The van der Waals surface area contributed by atoms with Crippen molar-refractivity contribution in [2.75, 3.05) is 10.6 Å². The van der Waals surface area contributed by atoms with E-state index in [1.165, 1.54) is 13.8 Å². The van der Waals surface area contributed by atoms with Gasteiger partial charge in [-0.15, -0.1) is 0 Å². The van der Waals surface area contributed by atoms with Gasteiger partial charge in [0.25, 0.3) is 0 Å². The lowest BCUT2D eigenvalue weighted by Gasteiger charge is -2.17. The third kappa shape index (κ3) is 8.36. The van der Waals surface area contributed by atoms with Crippen molar-refractivity contribution in [1.29, 1.82) is 0 Å². The van der Waals surface area contributed by atoms with Crippen molar-refractivity contribution in [3.8, 4) is 0 Å². The number of para-hydroxylation sites is 2. The van der Waals surface area contributed by atoms with Gasteiger partial charge in [0.2, 0.25) is 22.8 Å². The molecule has 0 radical (unpaired) electrons. The summed E-state index contributed by atoms with van der Waals surface area (Å²) < 4.78 is 4.35. The maximum absolute atomic E-state index is 12.0. The van der Waals surface area contributed by atoms with Gasteiger partial charge in [0.05, 0.1) is 28.5 Å². The second-order valence-corrected chi connectivity index (χ2v) is 17.1. The first-order valence-electron chi connectivity index (χ1n) is 22.0. The van der Waals surface area contributed by atoms with E-state index in [1.807, 2.05) is 36.4 Å². The molecule has 4 aromatic carbocycles. The van der Waals surface area contributed by atoms with E-state index in [9.17, 15) is 9.59 Å². The quantitative estimate of drug-likeness (QED) is 0.164. The molecule has 11 rings (SSSR count). The summed E-state index contributed by atoms with van der Waals surface area (Å²) in [6.45, 7) is 3.04. The Morgan fingerprint density at radius 3 is 1.59 bits per heavy atom. The number of benzene rings is 4. The van der Waals surface area contributed by atoms with Crippen LogP contribution >= 0.6 is 0 Å². The number of allylic oxidation sites excluding steroid dienone is 2. The molecule has 0 saturated heterocycles. The minimum absolute atomic E-state index is 0. The van der Waals surface area contributed by atoms with Gasteiger partial charge in [0.1, 0.15) is 14.1 Å². The Morgan fingerprint density at radius 2 is 1.03 bits per heavy atom. The van der Waals surface area contributed by atoms with E-state index in [1.54, 1.807) is 0 Å². The molecule has 12 heteroatoms. The zero-order valence-corrected chi connectivity index (χ0v) is 39.2. The summed E-state index contributed by atoms with van der Waals surface area (Å²) in [6, 6.07) is 50.3. The molecule has 68 heavy (non-hydrogen) atoms. The molecule has 2 aliphatic rings. The Bertz CT molecular complexity index is 3690. The fraction of sp³-hybridized carbons (Fsp3) is 0.0893. The lowest BCUT2D eigenvalue weighted by molar-refractivity contribution is -0.645. The second kappa shape index (κ2) is 18.3. The number of carbonyl (C=O) groups is 2. The fourth-order valence-corrected chi connectivity index (χ4v) is 9.63. The summed E-state index contributed by atoms with van der Waals surface area (Å²) in [5, 5.41) is 9.90. The van der Waals surface area contributed by atoms with Crippen molar-refractivity contribution in [1.82, 2.24) is 15.0 Å². The number of pyridine rings is 2. The highest BCUT2D eigenvalue weighted by Crippen LogP contribution is 2.38. The van der Waals surface area contributed by atoms with Gasteiger partial charge in [-0.2, -0.15) is 0 Å². The minimum atomic E-state index is -0.238. The molecule has 2 aliphatic heterocycles. The summed E-state index contributed by atoms with van der Waals surface area (Å²) in [5.41, 5.74) is 16.1. The Balaban J connectivity index is 0.00000289. The van der Waals surface area contributed by atoms with Crippen molar-refractivity contribution in [3.63, 3.8) is 0 Å². The molecule has 10 nitrogen and oxygen atoms in total. The molecule has 7 heterocycles. The topological polar surface area (TPSA) is 126 Å². The van der Waals surface area contributed by atoms with Crippen LogP contribution in [0.15, 0.2) is 181 Å². The monoisotopic (exact) mass is 932 g/mol. The standard InChI is InChI=1S/C56H44N8O2.2ClH/c1-33(65)57-41-17-13-35(14-18-41)53-43-21-25-47(59-43)55(39-29-37-9-5-7-11-51(37)63(3)31-39)49-27-23-45(61-49)54(36-15-19-42(20-16-36)58-34(2)66)46-24-28-50(62-46)56(48-26-22-44(53)60-48)40-30-38-10-6-8-12-52(38)64(4)32-40;;/h5-32,53H,1-4H3,(H3-2,57,58,59,60,61,62,65,66);2*1H. The Hall–Kier alpha value is -8.05. The average molecular weight is 934 g/mol. The number of anilines is 2. The van der Waals surface area contributed by atoms with Crippen LogP contribution in [-0.2, 0) is 23.7 Å². The largest absolute Gasteiger partial charge is 1.00 e. The van der Waals surface area contributed by atoms with Crippen LogP contribution in [0.2, 0.25) is 0 Å². The number of aliphatic imine (C=N–C) groups is 1. The number of hydrogen-bond donors (Lipinski definition) is 5. The van der Waals surface area contributed by atoms with Crippen LogP contribution < -0.4 is 55.3 Å². The van der Waals surface area contributed by atoms with Crippen LogP contribution in [0.3, 0.4) is 0 Å². The van der Waals surface area contributed by atoms with E-state index in [4.69, 9.17) is 4.99 Å². The second-order valence-electron chi connectivity index (χ2n) is 17.1. The fourth-order valence-electron chi connectivity index (χ4n) is 9.63. The van der Waals surface area contributed by atoms with Gasteiger partial charge in [-0.1, -0.05) is 48.5 Å². The van der Waals surface area contributed by atoms with Gasteiger partial charge in [-0.3, -0.25) is 9.59 Å². The highest BCUT2D eigenvalue weighted by atomic mass is 35.5. The van der Waals surface area contributed by atoms with E-state index in [2.05, 4.69) is 183 Å². The number of fused-ring (bicyclic) bond motifs is 9. The Kier molecular flexibility index (Phi) is 12.2. The first-order valence-corrected chi connectivity index (χ1v) is 22.0. The highest BCUT2D eigenvalue weighted by molar-refractivity contribution is 6.30. The third-order valence-corrected chi connectivity index (χ3v) is 12.5. The summed E-state index contributed by atoms with van der Waals surface area (Å²) >= 11 is 0. The number of hydrogen-bond acceptors (Lipinski definition) is 3. The maximum atomic E-state index is 12.0. The number of nitrogens with one attached hydrogen (secondary N) is 5. The van der Waals surface area contributed by atoms with Crippen LogP contribution in [0.1, 0.15) is 64.8 Å². The molecule has 8 bridgehead atoms. The molecule has 0 saturated carbocycles. The molecule has 0 spiro atoms. The zero-order chi connectivity index (χ0) is 45.1. The van der Waals surface area contributed by atoms with Gasteiger partial charge >= 0.3 is 0 Å². The Morgan fingerprint density at radius 1 is 0.529 bits per heavy atom. The number of nitrogens with zero attached hydrogens (tertiary/aromatic N) is 3. The van der Waals surface area contributed by atoms with E-state index in [-0.39, 0.29) is 42.5 Å². The molecule has 0 aliphatic carbocycles. The molecule has 5 N–H and O–H groups in total. The molecule has 2 amide bonds. The number of aromatic amines is 3. The molecule has 9 aromatic rings. The summed E-state index contributed by atoms with van der Waals surface area (Å²) in [6.07, 6.45) is 8.57. The maximum Gasteiger partial charge on any atom is 0.221 e. The first-order chi connectivity index (χ1) is 32.1. The predicted octanol–water partition coefficient (Wildman–Crippen LogP) is 1.96. The summed E-state index contributed by atoms with van der Waals surface area (Å²) in [5.74, 6) is -0.484. The van der Waals surface area contributed by atoms with Gasteiger partial charge in [-0.25, -0.2) is 14.1 Å². The average Bonchev–Trinajstić information content (AvgIpc) is 4.16. The van der Waals surface area contributed by atoms with Crippen LogP contribution in [-0.4, -0.2) is 32.5 Å². The van der Waals surface area contributed by atoms with E-state index >= 15 is 0 Å². The first kappa shape index (κ1) is 45.1. The minimum Gasteiger partial charge on any atom is -1.00 e. The zero-order valence-electron chi connectivity index (χ0n) is 37.7. The Labute approximate surface area is 405 Å². The smallest absolute Gasteiger partial charge is 0.221 e. The normalized spacial score (nSPS) is 14.1. The molecule has 336 valence electrons. The summed E-state index contributed by atoms with van der Waals surface area (Å²) in [4.78, 5) is 41.3. The summed E-state index contributed by atoms with van der Waals surface area (Å²) in [7, 11) is 4.17. The number of carbonyl (C=O) groups excluding carboxylic acids is 2. The highest BCUT2D eigenvalue weighted by Gasteiger charge is 2.27. The van der Waals surface area contributed by atoms with Crippen molar-refractivity contribution < 1.29 is 43.5 Å². The van der Waals surface area contributed by atoms with E-state index in [0.717, 1.165) is 117 Å². The van der Waals surface area contributed by atoms with Gasteiger partial charge in [0.15, 0.2) is 12.4 Å². The third-order valence-electron chi connectivity index (χ3n) is 12.5. The molecular formula is C56H46Cl2N8O2. The van der Waals surface area contributed by atoms with Crippen LogP contribution in [0, 0.1) is 0 Å². The van der Waals surface area contributed by atoms with E-state index < -0.39 is 0 Å². The molecule has 1 unspecified atom stereocenters. The van der Waals surface area contributed by atoms with Crippen molar-refractivity contribution in [2.24, 2.45) is 19.1 Å². The van der Waals surface area contributed by atoms with Gasteiger partial charge < -0.3 is 50.4 Å². The molecule has 5 aromatic heterocycles. The van der Waals surface area contributed by atoms with Crippen LogP contribution in [0.25, 0.3) is 38.5 Å². The van der Waals surface area contributed by atoms with E-state index in [0.29, 0.717) is 0 Å². The van der Waals surface area contributed by atoms with Gasteiger partial charge in [0, 0.05) is 98.3 Å². The number of halogens is 2. The van der Waals surface area contributed by atoms with Crippen molar-refractivity contribution in [3.05, 3.63) is 232 Å². The lowest BCUT2D eigenvalue weighted by Crippen LogP contribution is -3.00. The number of amides is 2. The lowest BCUT2D eigenvalue weighted by atomic mass is 9.92. The molecule has 1 atom stereocenters. The van der Waals surface area contributed by atoms with Crippen LogP contribution in [0.5, 0.6) is 0 Å².